The summed E-state index contributed by atoms with van der Waals surface area (Å²) in [6, 6.07) is 10.6. The van der Waals surface area contributed by atoms with Gasteiger partial charge in [0.05, 0.1) is 0 Å². The fourth-order valence-electron chi connectivity index (χ4n) is 2.89. The number of amides is 1. The Kier molecular flexibility index (Phi) is 7.13. The molecule has 2 rings (SSSR count). The molecule has 0 radical (unpaired) electrons. The highest BCUT2D eigenvalue weighted by Gasteiger charge is 2.07. The Morgan fingerprint density at radius 3 is 2.29 bits per heavy atom. The summed E-state index contributed by atoms with van der Waals surface area (Å²) in [5.41, 5.74) is 1.30. The van der Waals surface area contributed by atoms with Crippen molar-refractivity contribution < 1.29 is 4.79 Å². The molecule has 1 N–H and O–H groups in total. The van der Waals surface area contributed by atoms with Crippen LogP contribution in [0.2, 0.25) is 0 Å². The standard InChI is InChI=1S/C18H28N2O/c21-18-13-8-3-1-2-4-9-15-20(16-10-14-19-18)17-11-6-5-7-12-17/h5-7,11-12H,1-4,8-10,13-16H2,(H,19,21). The molecule has 1 aliphatic rings. The van der Waals surface area contributed by atoms with Gasteiger partial charge in [0.1, 0.15) is 0 Å². The molecule has 0 unspecified atom stereocenters. The smallest absolute Gasteiger partial charge is 0.219 e. The number of nitrogens with one attached hydrogen (secondary N) is 1. The van der Waals surface area contributed by atoms with Gasteiger partial charge >= 0.3 is 0 Å². The summed E-state index contributed by atoms with van der Waals surface area (Å²) in [7, 11) is 0. The van der Waals surface area contributed by atoms with Crippen LogP contribution in [0, 0.1) is 0 Å². The predicted octanol–water partition coefficient (Wildman–Crippen LogP) is 3.74. The average molecular weight is 288 g/mol. The summed E-state index contributed by atoms with van der Waals surface area (Å²) in [4.78, 5) is 14.1. The normalized spacial score (nSPS) is 19.6. The lowest BCUT2D eigenvalue weighted by Gasteiger charge is -2.25. The molecule has 0 aromatic heterocycles. The zero-order valence-electron chi connectivity index (χ0n) is 13.0. The second-order valence-corrected chi connectivity index (χ2v) is 5.90. The van der Waals surface area contributed by atoms with E-state index in [2.05, 4.69) is 40.5 Å². The van der Waals surface area contributed by atoms with Crippen molar-refractivity contribution in [3.8, 4) is 0 Å². The van der Waals surface area contributed by atoms with Gasteiger partial charge in [-0.15, -0.1) is 0 Å². The fourth-order valence-corrected chi connectivity index (χ4v) is 2.89. The highest BCUT2D eigenvalue weighted by Crippen LogP contribution is 2.16. The fraction of sp³-hybridized carbons (Fsp3) is 0.611. The van der Waals surface area contributed by atoms with Crippen LogP contribution in [-0.4, -0.2) is 25.5 Å². The van der Waals surface area contributed by atoms with Crippen LogP contribution < -0.4 is 10.2 Å². The topological polar surface area (TPSA) is 32.3 Å². The molecule has 1 fully saturated rings. The molecule has 0 atom stereocenters. The maximum Gasteiger partial charge on any atom is 0.219 e. The van der Waals surface area contributed by atoms with E-state index in [1.165, 1.54) is 37.8 Å². The van der Waals surface area contributed by atoms with Crippen LogP contribution in [0.3, 0.4) is 0 Å². The molecule has 3 nitrogen and oxygen atoms in total. The van der Waals surface area contributed by atoms with Gasteiger partial charge in [-0.1, -0.05) is 43.9 Å². The van der Waals surface area contributed by atoms with Crippen molar-refractivity contribution >= 4 is 11.6 Å². The Balaban J connectivity index is 1.89. The minimum atomic E-state index is 0.221. The molecule has 1 amide bonds. The van der Waals surface area contributed by atoms with Gasteiger partial charge in [0, 0.05) is 31.7 Å². The van der Waals surface area contributed by atoms with Crippen LogP contribution in [0.5, 0.6) is 0 Å². The van der Waals surface area contributed by atoms with E-state index in [4.69, 9.17) is 0 Å². The number of hydrogen-bond acceptors (Lipinski definition) is 2. The minimum Gasteiger partial charge on any atom is -0.371 e. The van der Waals surface area contributed by atoms with Crippen LogP contribution in [0.4, 0.5) is 5.69 Å². The second kappa shape index (κ2) is 9.43. The molecule has 0 aliphatic carbocycles. The number of para-hydroxylation sites is 1. The molecule has 1 aliphatic heterocycles. The first-order valence-corrected chi connectivity index (χ1v) is 8.43. The van der Waals surface area contributed by atoms with Crippen molar-refractivity contribution in [1.82, 2.24) is 5.32 Å². The first-order chi connectivity index (χ1) is 10.4. The Hall–Kier alpha value is -1.51. The molecule has 3 heteroatoms. The van der Waals surface area contributed by atoms with E-state index in [0.717, 1.165) is 32.5 Å². The van der Waals surface area contributed by atoms with E-state index in [9.17, 15) is 4.79 Å². The van der Waals surface area contributed by atoms with Crippen molar-refractivity contribution in [1.29, 1.82) is 0 Å². The summed E-state index contributed by atoms with van der Waals surface area (Å²) in [5.74, 6) is 0.221. The zero-order chi connectivity index (χ0) is 14.8. The summed E-state index contributed by atoms with van der Waals surface area (Å²) in [6.45, 7) is 2.93. The predicted molar refractivity (Wildman–Crippen MR) is 88.6 cm³/mol. The molecule has 0 spiro atoms. The van der Waals surface area contributed by atoms with Crippen molar-refractivity contribution in [2.75, 3.05) is 24.5 Å². The number of carbonyl (C=O) groups is 1. The molecular weight excluding hydrogens is 260 g/mol. The summed E-state index contributed by atoms with van der Waals surface area (Å²) in [6.07, 6.45) is 9.07. The van der Waals surface area contributed by atoms with Gasteiger partial charge in [-0.3, -0.25) is 4.79 Å². The molecule has 21 heavy (non-hydrogen) atoms. The van der Waals surface area contributed by atoms with Crippen molar-refractivity contribution in [3.63, 3.8) is 0 Å². The number of rotatable bonds is 1. The third-order valence-corrected chi connectivity index (χ3v) is 4.13. The Labute approximate surface area is 128 Å². The summed E-state index contributed by atoms with van der Waals surface area (Å²) < 4.78 is 0. The van der Waals surface area contributed by atoms with Crippen molar-refractivity contribution in [2.24, 2.45) is 0 Å². The van der Waals surface area contributed by atoms with Crippen LogP contribution in [-0.2, 0) is 4.79 Å². The lowest BCUT2D eigenvalue weighted by molar-refractivity contribution is -0.121. The second-order valence-electron chi connectivity index (χ2n) is 5.90. The quantitative estimate of drug-likeness (QED) is 0.853. The maximum atomic E-state index is 11.7. The largest absolute Gasteiger partial charge is 0.371 e. The Bertz CT molecular complexity index is 405. The van der Waals surface area contributed by atoms with E-state index in [1.54, 1.807) is 0 Å². The third kappa shape index (κ3) is 6.19. The number of benzene rings is 1. The molecule has 1 aromatic carbocycles. The maximum absolute atomic E-state index is 11.7. The lowest BCUT2D eigenvalue weighted by Crippen LogP contribution is -2.30. The number of anilines is 1. The number of nitrogens with zero attached hydrogens (tertiary/aromatic N) is 1. The molecular formula is C18H28N2O. The first-order valence-electron chi connectivity index (χ1n) is 8.43. The van der Waals surface area contributed by atoms with Crippen LogP contribution in [0.15, 0.2) is 30.3 Å². The zero-order valence-corrected chi connectivity index (χ0v) is 13.0. The van der Waals surface area contributed by atoms with Gasteiger partial charge in [-0.2, -0.15) is 0 Å². The first kappa shape index (κ1) is 15.9. The SMILES string of the molecule is O=C1CCCCCCCCN(c2ccccc2)CCCN1. The molecule has 1 heterocycles. The van der Waals surface area contributed by atoms with Crippen molar-refractivity contribution in [2.45, 2.75) is 51.4 Å². The average Bonchev–Trinajstić information content (AvgIpc) is 2.52. The highest BCUT2D eigenvalue weighted by atomic mass is 16.1. The Morgan fingerprint density at radius 1 is 0.810 bits per heavy atom. The number of carbonyl (C=O) groups excluding carboxylic acids is 1. The monoisotopic (exact) mass is 288 g/mol. The van der Waals surface area contributed by atoms with E-state index in [0.29, 0.717) is 6.42 Å². The van der Waals surface area contributed by atoms with Gasteiger partial charge in [-0.25, -0.2) is 0 Å². The molecule has 0 bridgehead atoms. The van der Waals surface area contributed by atoms with E-state index in [-0.39, 0.29) is 5.91 Å². The molecule has 1 saturated heterocycles. The van der Waals surface area contributed by atoms with Crippen molar-refractivity contribution in [3.05, 3.63) is 30.3 Å². The van der Waals surface area contributed by atoms with E-state index in [1.807, 2.05) is 0 Å². The van der Waals surface area contributed by atoms with Gasteiger partial charge in [0.25, 0.3) is 0 Å². The minimum absolute atomic E-state index is 0.221. The van der Waals surface area contributed by atoms with Gasteiger partial charge in [-0.05, 0) is 31.4 Å². The summed E-state index contributed by atoms with van der Waals surface area (Å²) >= 11 is 0. The van der Waals surface area contributed by atoms with Gasteiger partial charge in [0.15, 0.2) is 0 Å². The third-order valence-electron chi connectivity index (χ3n) is 4.13. The van der Waals surface area contributed by atoms with Crippen LogP contribution in [0.1, 0.15) is 51.4 Å². The Morgan fingerprint density at radius 2 is 1.48 bits per heavy atom. The van der Waals surface area contributed by atoms with Gasteiger partial charge < -0.3 is 10.2 Å². The van der Waals surface area contributed by atoms with E-state index >= 15 is 0 Å². The van der Waals surface area contributed by atoms with Crippen LogP contribution >= 0.6 is 0 Å². The molecule has 116 valence electrons. The highest BCUT2D eigenvalue weighted by molar-refractivity contribution is 5.75. The lowest BCUT2D eigenvalue weighted by atomic mass is 10.1. The number of hydrogen-bond donors (Lipinski definition) is 1. The van der Waals surface area contributed by atoms with Gasteiger partial charge in [0.2, 0.25) is 5.91 Å². The molecule has 1 aromatic rings. The van der Waals surface area contributed by atoms with Crippen LogP contribution in [0.25, 0.3) is 0 Å². The molecule has 0 saturated carbocycles. The van der Waals surface area contributed by atoms with E-state index < -0.39 is 0 Å². The summed E-state index contributed by atoms with van der Waals surface area (Å²) in [5, 5.41) is 3.04.